The molecule has 0 fully saturated rings. The highest BCUT2D eigenvalue weighted by Gasteiger charge is 2.17. The van der Waals surface area contributed by atoms with E-state index < -0.39 is 15.9 Å². The normalized spacial score (nSPS) is 13.6. The van der Waals surface area contributed by atoms with E-state index >= 15 is 0 Å². The van der Waals surface area contributed by atoms with E-state index in [1.54, 1.807) is 18.2 Å². The van der Waals surface area contributed by atoms with E-state index in [0.717, 1.165) is 6.26 Å². The van der Waals surface area contributed by atoms with E-state index in [9.17, 15) is 8.42 Å². The molecule has 0 saturated carbocycles. The van der Waals surface area contributed by atoms with Crippen molar-refractivity contribution in [3.05, 3.63) is 33.8 Å². The number of nitrogens with two attached hydrogens (primary N) is 1. The molecule has 0 aliphatic heterocycles. The molecule has 96 valence electrons. The maximum atomic E-state index is 11.2. The summed E-state index contributed by atoms with van der Waals surface area (Å²) in [6.07, 6.45) is 1.52. The van der Waals surface area contributed by atoms with Gasteiger partial charge in [0, 0.05) is 22.3 Å². The first-order valence-electron chi connectivity index (χ1n) is 4.90. The van der Waals surface area contributed by atoms with Crippen molar-refractivity contribution in [1.82, 2.24) is 5.43 Å². The summed E-state index contributed by atoms with van der Waals surface area (Å²) in [5.74, 6) is 5.26. The Labute approximate surface area is 111 Å². The van der Waals surface area contributed by atoms with E-state index in [2.05, 4.69) is 5.43 Å². The third kappa shape index (κ3) is 4.81. The van der Waals surface area contributed by atoms with Crippen molar-refractivity contribution in [2.45, 2.75) is 12.5 Å². The minimum Gasteiger partial charge on any atom is -0.271 e. The summed E-state index contributed by atoms with van der Waals surface area (Å²) in [7, 11) is -3.11. The average Bonchev–Trinajstić information content (AvgIpc) is 2.20. The standard InChI is InChI=1S/C10H14Cl2N2O2S/c1-17(15,16)6-7(14-13)5-8-9(11)3-2-4-10(8)12/h2-4,7,14H,5-6,13H2,1H3. The maximum absolute atomic E-state index is 11.2. The molecule has 0 amide bonds. The first kappa shape index (κ1) is 14.7. The molecule has 1 unspecified atom stereocenters. The van der Waals surface area contributed by atoms with Crippen LogP contribution in [-0.2, 0) is 16.3 Å². The highest BCUT2D eigenvalue weighted by molar-refractivity contribution is 7.90. The van der Waals surface area contributed by atoms with Crippen LogP contribution in [0.15, 0.2) is 18.2 Å². The van der Waals surface area contributed by atoms with Crippen molar-refractivity contribution in [2.75, 3.05) is 12.0 Å². The van der Waals surface area contributed by atoms with Crippen LogP contribution < -0.4 is 11.3 Å². The second-order valence-electron chi connectivity index (χ2n) is 3.86. The second-order valence-corrected chi connectivity index (χ2v) is 6.86. The van der Waals surface area contributed by atoms with Gasteiger partial charge in [-0.1, -0.05) is 29.3 Å². The van der Waals surface area contributed by atoms with Crippen molar-refractivity contribution in [2.24, 2.45) is 5.84 Å². The number of rotatable bonds is 5. The van der Waals surface area contributed by atoms with Gasteiger partial charge < -0.3 is 0 Å². The summed E-state index contributed by atoms with van der Waals surface area (Å²) in [6, 6.07) is 4.73. The molecule has 0 spiro atoms. The van der Waals surface area contributed by atoms with Gasteiger partial charge in [-0.2, -0.15) is 0 Å². The molecule has 1 atom stereocenters. The van der Waals surface area contributed by atoms with E-state index in [1.807, 2.05) is 0 Å². The van der Waals surface area contributed by atoms with Gasteiger partial charge in [-0.05, 0) is 24.1 Å². The highest BCUT2D eigenvalue weighted by Crippen LogP contribution is 2.25. The smallest absolute Gasteiger partial charge is 0.149 e. The van der Waals surface area contributed by atoms with Crippen LogP contribution in [0.25, 0.3) is 0 Å². The zero-order valence-corrected chi connectivity index (χ0v) is 11.6. The molecule has 0 radical (unpaired) electrons. The molecule has 0 aliphatic carbocycles. The molecule has 3 N–H and O–H groups in total. The molecule has 0 saturated heterocycles. The second kappa shape index (κ2) is 6.02. The predicted octanol–water partition coefficient (Wildman–Crippen LogP) is 1.41. The number of benzene rings is 1. The van der Waals surface area contributed by atoms with E-state index in [-0.39, 0.29) is 5.75 Å². The van der Waals surface area contributed by atoms with Crippen LogP contribution >= 0.6 is 23.2 Å². The van der Waals surface area contributed by atoms with Gasteiger partial charge in [0.05, 0.1) is 5.75 Å². The lowest BCUT2D eigenvalue weighted by molar-refractivity contribution is 0.546. The highest BCUT2D eigenvalue weighted by atomic mass is 35.5. The Morgan fingerprint density at radius 2 is 1.88 bits per heavy atom. The molecule has 1 aromatic carbocycles. The summed E-state index contributed by atoms with van der Waals surface area (Å²) < 4.78 is 22.4. The zero-order chi connectivity index (χ0) is 13.1. The lowest BCUT2D eigenvalue weighted by Gasteiger charge is -2.16. The monoisotopic (exact) mass is 296 g/mol. The van der Waals surface area contributed by atoms with Crippen LogP contribution in [0.5, 0.6) is 0 Å². The number of nitrogens with one attached hydrogen (secondary N) is 1. The quantitative estimate of drug-likeness (QED) is 0.637. The molecule has 0 bridgehead atoms. The minimum absolute atomic E-state index is 0.0644. The fourth-order valence-electron chi connectivity index (χ4n) is 1.51. The fourth-order valence-corrected chi connectivity index (χ4v) is 3.00. The van der Waals surface area contributed by atoms with Crippen molar-refractivity contribution in [1.29, 1.82) is 0 Å². The Morgan fingerprint density at radius 3 is 2.29 bits per heavy atom. The summed E-state index contributed by atoms with van der Waals surface area (Å²) >= 11 is 12.0. The first-order valence-corrected chi connectivity index (χ1v) is 7.72. The lowest BCUT2D eigenvalue weighted by atomic mass is 10.1. The molecule has 1 aromatic rings. The number of hydrogen-bond acceptors (Lipinski definition) is 4. The molecular formula is C10H14Cl2N2O2S. The van der Waals surface area contributed by atoms with Crippen LogP contribution in [0.3, 0.4) is 0 Å². The molecule has 0 heterocycles. The Morgan fingerprint density at radius 1 is 1.35 bits per heavy atom. The van der Waals surface area contributed by atoms with Crippen LogP contribution in [0.1, 0.15) is 5.56 Å². The van der Waals surface area contributed by atoms with Gasteiger partial charge >= 0.3 is 0 Å². The van der Waals surface area contributed by atoms with Crippen molar-refractivity contribution >= 4 is 33.0 Å². The van der Waals surface area contributed by atoms with Gasteiger partial charge in [-0.25, -0.2) is 8.42 Å². The van der Waals surface area contributed by atoms with Gasteiger partial charge in [0.15, 0.2) is 0 Å². The first-order chi connectivity index (χ1) is 7.83. The van der Waals surface area contributed by atoms with Gasteiger partial charge in [0.25, 0.3) is 0 Å². The number of hydrazine groups is 1. The van der Waals surface area contributed by atoms with Crippen LogP contribution in [0, 0.1) is 0 Å². The van der Waals surface area contributed by atoms with Crippen molar-refractivity contribution in [3.63, 3.8) is 0 Å². The summed E-state index contributed by atoms with van der Waals surface area (Å²) in [4.78, 5) is 0. The Hall–Kier alpha value is -0.330. The maximum Gasteiger partial charge on any atom is 0.149 e. The Kier molecular flexibility index (Phi) is 5.22. The third-order valence-electron chi connectivity index (χ3n) is 2.25. The molecule has 7 heteroatoms. The number of hydrogen-bond donors (Lipinski definition) is 2. The third-order valence-corrected chi connectivity index (χ3v) is 3.97. The van der Waals surface area contributed by atoms with Crippen LogP contribution in [-0.4, -0.2) is 26.5 Å². The molecule has 17 heavy (non-hydrogen) atoms. The van der Waals surface area contributed by atoms with Crippen molar-refractivity contribution < 1.29 is 8.42 Å². The topological polar surface area (TPSA) is 72.2 Å². The number of halogens is 2. The molecule has 1 rings (SSSR count). The van der Waals surface area contributed by atoms with Gasteiger partial charge in [-0.15, -0.1) is 0 Å². The average molecular weight is 297 g/mol. The summed E-state index contributed by atoms with van der Waals surface area (Å²) in [5.41, 5.74) is 3.16. The Bertz CT molecular complexity index is 471. The van der Waals surface area contributed by atoms with E-state index in [1.165, 1.54) is 0 Å². The van der Waals surface area contributed by atoms with Gasteiger partial charge in [-0.3, -0.25) is 11.3 Å². The molecule has 0 aliphatic rings. The largest absolute Gasteiger partial charge is 0.271 e. The molecule has 4 nitrogen and oxygen atoms in total. The van der Waals surface area contributed by atoms with Crippen molar-refractivity contribution in [3.8, 4) is 0 Å². The summed E-state index contributed by atoms with van der Waals surface area (Å²) in [5, 5.41) is 1.01. The minimum atomic E-state index is -3.11. The fraction of sp³-hybridized carbons (Fsp3) is 0.400. The Balaban J connectivity index is 2.88. The predicted molar refractivity (Wildman–Crippen MR) is 71.0 cm³/mol. The SMILES string of the molecule is CS(=O)(=O)CC(Cc1c(Cl)cccc1Cl)NN. The van der Waals surface area contributed by atoms with Crippen LogP contribution in [0.4, 0.5) is 0 Å². The van der Waals surface area contributed by atoms with E-state index in [0.29, 0.717) is 22.0 Å². The van der Waals surface area contributed by atoms with Crippen LogP contribution in [0.2, 0.25) is 10.0 Å². The number of sulfone groups is 1. The molecular weight excluding hydrogens is 283 g/mol. The zero-order valence-electron chi connectivity index (χ0n) is 9.28. The molecule has 0 aromatic heterocycles. The lowest BCUT2D eigenvalue weighted by Crippen LogP contribution is -2.41. The summed E-state index contributed by atoms with van der Waals surface area (Å²) in [6.45, 7) is 0. The van der Waals surface area contributed by atoms with Gasteiger partial charge in [0.1, 0.15) is 9.84 Å². The van der Waals surface area contributed by atoms with E-state index in [4.69, 9.17) is 29.0 Å². The van der Waals surface area contributed by atoms with Gasteiger partial charge in [0.2, 0.25) is 0 Å².